The Morgan fingerprint density at radius 3 is 1.28 bits per heavy atom. The Kier molecular flexibility index (Phi) is 30.1. The standard InChI is InChI=1S/C27H32FN5O4.C27H34N4O3.C24H26BrFN4O2.C24H27BrN4O2/c1-16-21(29-20-6-5-9-33(27(36)25(16)20)11-10-32-7-3-4-8-32)13-18-17-12-19(28)23(30-24(34)15-37-2)14-22(17)31-26(18)35;1-5-30(6-2)12-13-31-11-7-8-23-25(27(31)34)18(4)24(28-23)16-21-20-15-19(14-17(3)32)9-10-22(20)29-26(21)33;1-14-20(13-17-16-11-15(26)12-18(25)22(16)28-23(17)31)27-19-5-4-8-30(24(32)21(14)19)10-9-29-6-2-3-7-29;1-15-20(14-16-22-17(25)6-4-7-19(22)27-23(16)30)26-18-8-5-11-29(24(31)21(15)18)13-12-28-9-2-3-10-28/h12-14,29H,3-11,15H2,1-2H3,(H,30,34)(H,31,35);9-10,15-16,28H,5-8,11-14H2,1-4H3,(H,29,33);11-13,27H,2-10H2,1H3,(H,28,31);4,6-7,14,26H,2-3,5,8-13H2,1H3,(H,27,30)/b18-13-;21-16-;17-13-;16-14-. The second-order valence-electron chi connectivity index (χ2n) is 36.5. The van der Waals surface area contributed by atoms with Gasteiger partial charge in [0.2, 0.25) is 5.91 Å². The smallest absolute Gasteiger partial charge is 0.256 e. The first kappa shape index (κ1) is 95.6. The molecule has 3 saturated heterocycles. The third-order valence-corrected chi connectivity index (χ3v) is 28.9. The first-order chi connectivity index (χ1) is 64.6. The van der Waals surface area contributed by atoms with E-state index < -0.39 is 17.5 Å². The van der Waals surface area contributed by atoms with Crippen molar-refractivity contribution in [2.45, 2.75) is 145 Å². The fraction of sp³-hybridized carbons (Fsp3) is 0.431. The molecule has 4 aromatic heterocycles. The molecule has 11 aliphatic heterocycles. The molecular formula is C102H119Br2F2N17O11. The zero-order valence-electron chi connectivity index (χ0n) is 77.6. The molecule has 0 radical (unpaired) electrons. The molecule has 0 spiro atoms. The number of carbonyl (C=O) groups is 10. The van der Waals surface area contributed by atoms with E-state index in [1.165, 1.54) is 69.9 Å². The maximum atomic E-state index is 14.8. The molecule has 0 saturated carbocycles. The van der Waals surface area contributed by atoms with E-state index in [4.69, 9.17) is 4.74 Å². The molecule has 134 heavy (non-hydrogen) atoms. The van der Waals surface area contributed by atoms with Crippen LogP contribution in [0, 0.1) is 39.3 Å². The molecule has 15 heterocycles. The number of aryl methyl sites for hydroxylation is 4. The van der Waals surface area contributed by atoms with E-state index >= 15 is 0 Å². The number of hydrogen-bond acceptors (Lipinski definition) is 15. The van der Waals surface area contributed by atoms with E-state index in [9.17, 15) is 56.7 Å². The van der Waals surface area contributed by atoms with Gasteiger partial charge in [-0.05, 0) is 293 Å². The second-order valence-corrected chi connectivity index (χ2v) is 38.2. The molecule has 19 rings (SSSR count). The minimum absolute atomic E-state index is 0.0175. The van der Waals surface area contributed by atoms with Crippen molar-refractivity contribution in [3.8, 4) is 0 Å². The van der Waals surface area contributed by atoms with Crippen LogP contribution in [0.4, 0.5) is 37.2 Å². The van der Waals surface area contributed by atoms with Crippen LogP contribution in [0.5, 0.6) is 0 Å². The Bertz CT molecular complexity index is 6110. The van der Waals surface area contributed by atoms with Crippen LogP contribution in [-0.4, -0.2) is 263 Å². The van der Waals surface area contributed by atoms with Crippen LogP contribution in [0.3, 0.4) is 0 Å². The number of ketones is 1. The van der Waals surface area contributed by atoms with Crippen LogP contribution in [0.15, 0.2) is 69.6 Å². The Hall–Kier alpha value is -11.5. The van der Waals surface area contributed by atoms with Crippen molar-refractivity contribution in [1.82, 2.24) is 59.1 Å². The first-order valence-corrected chi connectivity index (χ1v) is 48.8. The highest BCUT2D eigenvalue weighted by Gasteiger charge is 2.38. The summed E-state index contributed by atoms with van der Waals surface area (Å²) in [5.74, 6) is -2.19. The van der Waals surface area contributed by atoms with Crippen LogP contribution >= 0.6 is 31.9 Å². The second kappa shape index (κ2) is 42.2. The molecule has 8 aromatic rings. The number of carbonyl (C=O) groups excluding carboxylic acids is 10. The number of ether oxygens (including phenoxy) is 1. The zero-order chi connectivity index (χ0) is 94.4. The molecule has 0 atom stereocenters. The number of benzene rings is 4. The predicted molar refractivity (Wildman–Crippen MR) is 526 cm³/mol. The quantitative estimate of drug-likeness (QED) is 0.0269. The number of Topliss-reactive ketones (excluding diaryl/α,β-unsaturated/α-hetero) is 1. The number of anilines is 5. The van der Waals surface area contributed by atoms with E-state index in [1.807, 2.05) is 95.8 Å². The number of likely N-dealkylation sites (N-methyl/N-ethyl adjacent to an activating group) is 1. The average molecular weight is 1960 g/mol. The minimum atomic E-state index is -0.659. The maximum Gasteiger partial charge on any atom is 0.256 e. The summed E-state index contributed by atoms with van der Waals surface area (Å²) >= 11 is 6.89. The average Bonchev–Trinajstić information content (AvgIpc) is 1.62. The Labute approximate surface area is 796 Å². The van der Waals surface area contributed by atoms with Crippen molar-refractivity contribution in [2.75, 3.05) is 171 Å². The summed E-state index contributed by atoms with van der Waals surface area (Å²) in [7, 11) is 1.37. The summed E-state index contributed by atoms with van der Waals surface area (Å²) < 4.78 is 34.9. The summed E-state index contributed by atoms with van der Waals surface area (Å²) in [4.78, 5) is 159. The maximum absolute atomic E-state index is 14.8. The van der Waals surface area contributed by atoms with Gasteiger partial charge in [-0.15, -0.1) is 0 Å². The molecule has 28 nitrogen and oxygen atoms in total. The van der Waals surface area contributed by atoms with E-state index in [2.05, 4.69) is 112 Å². The molecular weight excluding hydrogens is 1840 g/mol. The molecule has 3 fully saturated rings. The third kappa shape index (κ3) is 20.8. The summed E-state index contributed by atoms with van der Waals surface area (Å²) in [6.45, 7) is 31.6. The van der Waals surface area contributed by atoms with Crippen LogP contribution in [0.2, 0.25) is 0 Å². The summed E-state index contributed by atoms with van der Waals surface area (Å²) in [6, 6.07) is 16.7. The number of methoxy groups -OCH3 is 1. The fourth-order valence-electron chi connectivity index (χ4n) is 20.3. The van der Waals surface area contributed by atoms with Gasteiger partial charge in [-0.25, -0.2) is 8.78 Å². The van der Waals surface area contributed by atoms with E-state index in [0.29, 0.717) is 73.5 Å². The number of aromatic amines is 4. The van der Waals surface area contributed by atoms with Gasteiger partial charge in [0.1, 0.15) is 24.0 Å². The lowest BCUT2D eigenvalue weighted by molar-refractivity contribution is -0.120. The normalized spacial score (nSPS) is 18.8. The van der Waals surface area contributed by atoms with E-state index in [0.717, 1.165) is 287 Å². The molecule has 9 N–H and O–H groups in total. The van der Waals surface area contributed by atoms with Crippen LogP contribution in [0.1, 0.15) is 222 Å². The number of halogens is 4. The monoisotopic (exact) mass is 1950 g/mol. The Balaban J connectivity index is 0.000000130. The van der Waals surface area contributed by atoms with Gasteiger partial charge in [0.15, 0.2) is 0 Å². The number of fused-ring (bicyclic) bond motifs is 8. The fourth-order valence-corrected chi connectivity index (χ4v) is 21.4. The van der Waals surface area contributed by atoms with Gasteiger partial charge in [0.25, 0.3) is 47.3 Å². The van der Waals surface area contributed by atoms with Crippen molar-refractivity contribution in [1.29, 1.82) is 0 Å². The molecule has 32 heteroatoms. The third-order valence-electron chi connectivity index (χ3n) is 27.6. The Morgan fingerprint density at radius 1 is 0.440 bits per heavy atom. The lowest BCUT2D eigenvalue weighted by Crippen LogP contribution is -2.38. The molecule has 9 amide bonds. The number of rotatable bonds is 23. The number of hydrogen-bond donors (Lipinski definition) is 9. The minimum Gasteiger partial charge on any atom is -0.375 e. The lowest BCUT2D eigenvalue weighted by Gasteiger charge is -2.25. The zero-order valence-corrected chi connectivity index (χ0v) is 80.8. The molecule has 4 aromatic carbocycles. The van der Waals surface area contributed by atoms with Gasteiger partial charge in [0.05, 0.1) is 67.3 Å². The number of nitrogens with one attached hydrogen (secondary N) is 9. The summed E-state index contributed by atoms with van der Waals surface area (Å²) in [5, 5.41) is 13.8. The van der Waals surface area contributed by atoms with Gasteiger partial charge >= 0.3 is 0 Å². The van der Waals surface area contributed by atoms with Crippen LogP contribution in [0.25, 0.3) is 46.6 Å². The highest BCUT2D eigenvalue weighted by atomic mass is 79.9. The molecule has 0 unspecified atom stereocenters. The van der Waals surface area contributed by atoms with Crippen molar-refractivity contribution in [2.24, 2.45) is 0 Å². The van der Waals surface area contributed by atoms with Gasteiger partial charge in [0, 0.05) is 175 Å². The van der Waals surface area contributed by atoms with Crippen LogP contribution in [-0.2, 0) is 65.6 Å². The number of aromatic nitrogens is 4. The molecule has 11 aliphatic rings. The van der Waals surface area contributed by atoms with E-state index in [1.54, 1.807) is 19.1 Å². The number of likely N-dealkylation sites (tertiary alicyclic amines) is 3. The molecule has 0 bridgehead atoms. The summed E-state index contributed by atoms with van der Waals surface area (Å²) in [6.07, 6.45) is 21.7. The topological polar surface area (TPSA) is 329 Å². The first-order valence-electron chi connectivity index (χ1n) is 47.2. The van der Waals surface area contributed by atoms with Gasteiger partial charge in [-0.1, -0.05) is 41.9 Å². The number of H-pyrrole nitrogens is 4. The SMILES string of the molecule is CCN(CC)CCN1CCCc2[nH]c(/C=C3\C(=O)Nc4ccc(CC(C)=O)cc43)c(C)c2C1=O.COCC(=O)Nc1cc2c(cc1F)/C(=C/c1[nH]c3c(c1C)C(=O)N(CCN1CCCC1)CCC3)C(=O)N2.Cc1c(/C=C2\C(=O)Nc3c(Br)cc(F)cc32)[nH]c2c1C(=O)N(CCN1CCCC1)CCC2.Cc1c(/C=C2\C(=O)Nc3cccc(Br)c32)[nH]c2c1C(=O)N(CCN1CCCC1)CCC2. The van der Waals surface area contributed by atoms with Crippen LogP contribution < -0.4 is 26.6 Å². The van der Waals surface area contributed by atoms with Crippen molar-refractivity contribution < 1.29 is 61.5 Å². The number of nitrogens with zero attached hydrogens (tertiary/aromatic N) is 8. The highest BCUT2D eigenvalue weighted by Crippen LogP contribution is 2.44. The van der Waals surface area contributed by atoms with Crippen molar-refractivity contribution in [3.63, 3.8) is 0 Å². The molecule has 0 aliphatic carbocycles. The Morgan fingerprint density at radius 2 is 0.843 bits per heavy atom. The lowest BCUT2D eigenvalue weighted by atomic mass is 10.00. The largest absolute Gasteiger partial charge is 0.375 e. The van der Waals surface area contributed by atoms with E-state index in [-0.39, 0.29) is 65.3 Å². The predicted octanol–water partition coefficient (Wildman–Crippen LogP) is 15.0. The van der Waals surface area contributed by atoms with Gasteiger partial charge < -0.3 is 90.5 Å². The number of amides is 9. The van der Waals surface area contributed by atoms with Crippen molar-refractivity contribution >= 4 is 166 Å². The van der Waals surface area contributed by atoms with Crippen molar-refractivity contribution in [3.05, 3.63) is 199 Å². The summed E-state index contributed by atoms with van der Waals surface area (Å²) in [5.41, 5.74) is 20.9. The van der Waals surface area contributed by atoms with Gasteiger partial charge in [-0.2, -0.15) is 0 Å². The molecule has 706 valence electrons. The highest BCUT2D eigenvalue weighted by molar-refractivity contribution is 9.11. The van der Waals surface area contributed by atoms with Gasteiger partial charge in [-0.3, -0.25) is 47.9 Å².